The van der Waals surface area contributed by atoms with Gasteiger partial charge >= 0.3 is 0 Å². The topological polar surface area (TPSA) is 12.0 Å². The van der Waals surface area contributed by atoms with Gasteiger partial charge in [0.2, 0.25) is 0 Å². The van der Waals surface area contributed by atoms with Crippen molar-refractivity contribution < 1.29 is 0 Å². The molecular weight excluding hydrogens is 250 g/mol. The summed E-state index contributed by atoms with van der Waals surface area (Å²) in [5, 5.41) is 3.79. The van der Waals surface area contributed by atoms with E-state index < -0.39 is 0 Å². The van der Waals surface area contributed by atoms with Crippen LogP contribution in [0.1, 0.15) is 55.5 Å². The highest BCUT2D eigenvalue weighted by Crippen LogP contribution is 2.45. The van der Waals surface area contributed by atoms with Crippen LogP contribution in [0.2, 0.25) is 4.34 Å². The fraction of sp³-hybridized carbons (Fsp3) is 0.714. The maximum atomic E-state index is 6.09. The summed E-state index contributed by atoms with van der Waals surface area (Å²) in [6.45, 7) is 3.53. The van der Waals surface area contributed by atoms with Crippen molar-refractivity contribution >= 4 is 22.9 Å². The highest BCUT2D eigenvalue weighted by atomic mass is 35.5. The lowest BCUT2D eigenvalue weighted by Crippen LogP contribution is -2.40. The van der Waals surface area contributed by atoms with Crippen molar-refractivity contribution in [3.63, 3.8) is 0 Å². The van der Waals surface area contributed by atoms with Crippen molar-refractivity contribution in [2.45, 2.75) is 51.5 Å². The number of nitrogens with one attached hydrogen (secondary N) is 1. The molecule has 1 aromatic rings. The lowest BCUT2D eigenvalue weighted by atomic mass is 9.67. The normalized spacial score (nSPS) is 25.6. The molecule has 0 amide bonds. The molecule has 0 radical (unpaired) electrons. The van der Waals surface area contributed by atoms with Gasteiger partial charge in [-0.2, -0.15) is 0 Å². The molecule has 2 aliphatic carbocycles. The van der Waals surface area contributed by atoms with Crippen LogP contribution in [0.4, 0.5) is 0 Å². The van der Waals surface area contributed by atoms with Gasteiger partial charge in [-0.15, -0.1) is 11.3 Å². The molecule has 1 nitrogen and oxygen atoms in total. The van der Waals surface area contributed by atoms with E-state index in [9.17, 15) is 0 Å². The minimum Gasteiger partial charge on any atom is -0.309 e. The minimum absolute atomic E-state index is 0.567. The number of fused-ring (bicyclic) bond motifs is 1. The molecule has 0 saturated heterocycles. The van der Waals surface area contributed by atoms with Gasteiger partial charge < -0.3 is 5.32 Å². The summed E-state index contributed by atoms with van der Waals surface area (Å²) in [5.74, 6) is 0. The third-order valence-corrected chi connectivity index (χ3v) is 6.07. The van der Waals surface area contributed by atoms with Gasteiger partial charge in [0.25, 0.3) is 0 Å². The van der Waals surface area contributed by atoms with Crippen LogP contribution in [0.3, 0.4) is 0 Å². The Morgan fingerprint density at radius 2 is 2.35 bits per heavy atom. The van der Waals surface area contributed by atoms with Crippen molar-refractivity contribution in [1.29, 1.82) is 0 Å². The van der Waals surface area contributed by atoms with Crippen molar-refractivity contribution in [3.05, 3.63) is 20.8 Å². The quantitative estimate of drug-likeness (QED) is 0.845. The van der Waals surface area contributed by atoms with E-state index in [2.05, 4.69) is 18.3 Å². The van der Waals surface area contributed by atoms with Crippen LogP contribution in [0, 0.1) is 5.41 Å². The van der Waals surface area contributed by atoms with Gasteiger partial charge in [0.15, 0.2) is 0 Å². The average Bonchev–Trinajstić information content (AvgIpc) is 2.77. The Morgan fingerprint density at radius 1 is 1.53 bits per heavy atom. The standard InChI is InChI=1S/C14H20ClNS/c1-2-14(6-3-7-14)9-16-11-4-5-12-10(11)8-13(15)17-12/h8,11,16H,2-7,9H2,1H3. The highest BCUT2D eigenvalue weighted by Gasteiger charge is 2.36. The fourth-order valence-corrected chi connectivity index (χ4v) is 4.57. The summed E-state index contributed by atoms with van der Waals surface area (Å²) < 4.78 is 0.954. The number of hydrogen-bond acceptors (Lipinski definition) is 2. The molecule has 1 aromatic heterocycles. The van der Waals surface area contributed by atoms with Gasteiger partial charge in [0.05, 0.1) is 4.34 Å². The predicted octanol–water partition coefficient (Wildman–Crippen LogP) is 4.56. The summed E-state index contributed by atoms with van der Waals surface area (Å²) in [4.78, 5) is 1.51. The minimum atomic E-state index is 0.567. The lowest BCUT2D eigenvalue weighted by Gasteiger charge is -2.42. The number of rotatable bonds is 4. The number of aryl methyl sites for hydroxylation is 1. The Balaban J connectivity index is 1.63. The molecule has 3 heteroatoms. The second kappa shape index (κ2) is 4.56. The van der Waals surface area contributed by atoms with Crippen molar-refractivity contribution in [1.82, 2.24) is 5.32 Å². The first-order valence-electron chi connectivity index (χ1n) is 6.74. The fourth-order valence-electron chi connectivity index (χ4n) is 3.21. The van der Waals surface area contributed by atoms with Crippen LogP contribution in [-0.4, -0.2) is 6.54 Å². The van der Waals surface area contributed by atoms with Crippen LogP contribution in [0.25, 0.3) is 0 Å². The van der Waals surface area contributed by atoms with Gasteiger partial charge in [0.1, 0.15) is 0 Å². The third-order valence-electron chi connectivity index (χ3n) is 4.73. The van der Waals surface area contributed by atoms with Crippen molar-refractivity contribution in [2.75, 3.05) is 6.54 Å². The van der Waals surface area contributed by atoms with Crippen LogP contribution in [0.5, 0.6) is 0 Å². The Hall–Kier alpha value is -0.0500. The Morgan fingerprint density at radius 3 is 3.00 bits per heavy atom. The van der Waals surface area contributed by atoms with E-state index in [1.165, 1.54) is 55.5 Å². The molecule has 1 saturated carbocycles. The monoisotopic (exact) mass is 269 g/mol. The van der Waals surface area contributed by atoms with Crippen LogP contribution in [-0.2, 0) is 6.42 Å². The number of halogens is 1. The zero-order valence-electron chi connectivity index (χ0n) is 10.4. The Kier molecular flexibility index (Phi) is 3.22. The van der Waals surface area contributed by atoms with E-state index in [1.54, 1.807) is 11.3 Å². The maximum Gasteiger partial charge on any atom is 0.0934 e. The molecule has 0 aliphatic heterocycles. The first-order chi connectivity index (χ1) is 8.22. The molecule has 1 unspecified atom stereocenters. The summed E-state index contributed by atoms with van der Waals surface area (Å²) in [6.07, 6.45) is 8.06. The van der Waals surface area contributed by atoms with Crippen LogP contribution < -0.4 is 5.32 Å². The highest BCUT2D eigenvalue weighted by molar-refractivity contribution is 7.16. The molecule has 1 fully saturated rings. The van der Waals surface area contributed by atoms with Gasteiger partial charge in [0, 0.05) is 17.5 Å². The van der Waals surface area contributed by atoms with Gasteiger partial charge in [-0.05, 0) is 49.1 Å². The van der Waals surface area contributed by atoms with E-state index in [4.69, 9.17) is 11.6 Å². The predicted molar refractivity (Wildman–Crippen MR) is 75.0 cm³/mol. The first-order valence-corrected chi connectivity index (χ1v) is 7.93. The van der Waals surface area contributed by atoms with E-state index in [0.29, 0.717) is 11.5 Å². The molecule has 1 N–H and O–H groups in total. The molecule has 0 aromatic carbocycles. The van der Waals surface area contributed by atoms with Crippen LogP contribution in [0.15, 0.2) is 6.07 Å². The van der Waals surface area contributed by atoms with Crippen molar-refractivity contribution in [3.8, 4) is 0 Å². The summed E-state index contributed by atoms with van der Waals surface area (Å²) in [6, 6.07) is 2.74. The molecule has 17 heavy (non-hydrogen) atoms. The molecule has 1 heterocycles. The Bertz CT molecular complexity index is 403. The smallest absolute Gasteiger partial charge is 0.0934 e. The van der Waals surface area contributed by atoms with Crippen LogP contribution >= 0.6 is 22.9 Å². The molecule has 94 valence electrons. The molecule has 0 bridgehead atoms. The summed E-state index contributed by atoms with van der Waals surface area (Å²) in [5.41, 5.74) is 2.09. The third kappa shape index (κ3) is 2.16. The zero-order chi connectivity index (χ0) is 11.9. The zero-order valence-corrected chi connectivity index (χ0v) is 12.0. The van der Waals surface area contributed by atoms with Gasteiger partial charge in [-0.3, -0.25) is 0 Å². The van der Waals surface area contributed by atoms with E-state index in [1.807, 2.05) is 0 Å². The average molecular weight is 270 g/mol. The van der Waals surface area contributed by atoms with Gasteiger partial charge in [-0.25, -0.2) is 0 Å². The second-order valence-electron chi connectivity index (χ2n) is 5.61. The maximum absolute atomic E-state index is 6.09. The lowest BCUT2D eigenvalue weighted by molar-refractivity contribution is 0.119. The van der Waals surface area contributed by atoms with E-state index in [-0.39, 0.29) is 0 Å². The van der Waals surface area contributed by atoms with Gasteiger partial charge in [-0.1, -0.05) is 24.9 Å². The summed E-state index contributed by atoms with van der Waals surface area (Å²) >= 11 is 7.86. The second-order valence-corrected chi connectivity index (χ2v) is 7.38. The molecule has 1 atom stereocenters. The van der Waals surface area contributed by atoms with E-state index in [0.717, 1.165) is 4.34 Å². The largest absolute Gasteiger partial charge is 0.309 e. The SMILES string of the molecule is CCC1(CNC2CCc3sc(Cl)cc32)CCC1. The molecule has 2 aliphatic rings. The molecule has 0 spiro atoms. The first kappa shape index (κ1) is 12.0. The number of hydrogen-bond donors (Lipinski definition) is 1. The summed E-state index contributed by atoms with van der Waals surface area (Å²) in [7, 11) is 0. The van der Waals surface area contributed by atoms with Crippen molar-refractivity contribution in [2.24, 2.45) is 5.41 Å². The Labute approximate surface area is 113 Å². The van der Waals surface area contributed by atoms with E-state index >= 15 is 0 Å². The number of thiophene rings is 1. The molecule has 3 rings (SSSR count). The molecular formula is C14H20ClNS.